The molecule has 5 nitrogen and oxygen atoms in total. The van der Waals surface area contributed by atoms with Crippen LogP contribution in [0.25, 0.3) is 0 Å². The number of benzene rings is 2. The van der Waals surface area contributed by atoms with Crippen LogP contribution in [0.2, 0.25) is 0 Å². The molecular weight excluding hydrogens is 268 g/mol. The number of hydrogen-bond acceptors (Lipinski definition) is 4. The Morgan fingerprint density at radius 3 is 2.38 bits per heavy atom. The highest BCUT2D eigenvalue weighted by molar-refractivity contribution is 5.93. The van der Waals surface area contributed by atoms with E-state index in [0.717, 1.165) is 0 Å². The van der Waals surface area contributed by atoms with E-state index < -0.39 is 0 Å². The summed E-state index contributed by atoms with van der Waals surface area (Å²) in [5.74, 6) is 1.24. The summed E-state index contributed by atoms with van der Waals surface area (Å²) in [5, 5.41) is 11.2. The zero-order valence-electron chi connectivity index (χ0n) is 11.5. The number of methoxy groups -OCH3 is 1. The molecule has 0 aromatic heterocycles. The fraction of sp³-hybridized carbons (Fsp3) is 0.125. The lowest BCUT2D eigenvalue weighted by Crippen LogP contribution is -2.10. The lowest BCUT2D eigenvalue weighted by Gasteiger charge is -2.13. The van der Waals surface area contributed by atoms with Crippen LogP contribution in [0.1, 0.15) is 6.42 Å². The monoisotopic (exact) mass is 282 g/mol. The molecule has 21 heavy (non-hydrogen) atoms. The fourth-order valence-electron chi connectivity index (χ4n) is 1.75. The largest absolute Gasteiger partial charge is 0.493 e. The summed E-state index contributed by atoms with van der Waals surface area (Å²) in [5.41, 5.74) is 0.503. The number of carbonyl (C=O) groups excluding carboxylic acids is 1. The van der Waals surface area contributed by atoms with Crippen molar-refractivity contribution in [3.05, 3.63) is 48.5 Å². The first kappa shape index (κ1) is 14.4. The number of carbonyl (C=O) groups is 1. The van der Waals surface area contributed by atoms with Gasteiger partial charge in [-0.2, -0.15) is 5.26 Å². The van der Waals surface area contributed by atoms with Gasteiger partial charge in [-0.1, -0.05) is 24.3 Å². The minimum Gasteiger partial charge on any atom is -0.493 e. The van der Waals surface area contributed by atoms with Gasteiger partial charge in [-0.25, -0.2) is 0 Å². The van der Waals surface area contributed by atoms with Crippen LogP contribution in [0.4, 0.5) is 5.69 Å². The second-order valence-electron chi connectivity index (χ2n) is 4.13. The third kappa shape index (κ3) is 3.74. The Hall–Kier alpha value is -3.00. The third-order valence-corrected chi connectivity index (χ3v) is 2.69. The number of nitriles is 1. The van der Waals surface area contributed by atoms with Crippen molar-refractivity contribution < 1.29 is 14.3 Å². The van der Waals surface area contributed by atoms with Crippen LogP contribution in [0.5, 0.6) is 17.2 Å². The Morgan fingerprint density at radius 1 is 1.10 bits per heavy atom. The molecule has 1 N–H and O–H groups in total. The molecule has 2 aromatic carbocycles. The molecule has 0 aliphatic carbocycles. The molecule has 106 valence electrons. The quantitative estimate of drug-likeness (QED) is 0.913. The average molecular weight is 282 g/mol. The summed E-state index contributed by atoms with van der Waals surface area (Å²) in [6, 6.07) is 16.0. The minimum absolute atomic E-state index is 0.205. The van der Waals surface area contributed by atoms with Crippen LogP contribution in [0, 0.1) is 11.3 Å². The van der Waals surface area contributed by atoms with Gasteiger partial charge in [0.05, 0.1) is 18.9 Å². The highest BCUT2D eigenvalue weighted by atomic mass is 16.5. The van der Waals surface area contributed by atoms with Crippen molar-refractivity contribution in [3.63, 3.8) is 0 Å². The molecule has 0 unspecified atom stereocenters. The molecule has 0 saturated heterocycles. The molecule has 5 heteroatoms. The van der Waals surface area contributed by atoms with E-state index in [-0.39, 0.29) is 12.3 Å². The maximum absolute atomic E-state index is 11.5. The number of amides is 1. The lowest BCUT2D eigenvalue weighted by molar-refractivity contribution is -0.115. The average Bonchev–Trinajstić information content (AvgIpc) is 2.50. The van der Waals surface area contributed by atoms with Crippen LogP contribution in [0.15, 0.2) is 48.5 Å². The minimum atomic E-state index is -0.381. The van der Waals surface area contributed by atoms with Gasteiger partial charge in [0.2, 0.25) is 5.91 Å². The van der Waals surface area contributed by atoms with Crippen molar-refractivity contribution >= 4 is 11.6 Å². The molecule has 2 rings (SSSR count). The van der Waals surface area contributed by atoms with Crippen LogP contribution < -0.4 is 14.8 Å². The van der Waals surface area contributed by atoms with Gasteiger partial charge in [0.1, 0.15) is 6.42 Å². The summed E-state index contributed by atoms with van der Waals surface area (Å²) < 4.78 is 11.0. The number of hydrogen-bond donors (Lipinski definition) is 1. The molecule has 0 radical (unpaired) electrons. The van der Waals surface area contributed by atoms with E-state index in [9.17, 15) is 4.79 Å². The van der Waals surface area contributed by atoms with Crippen molar-refractivity contribution in [3.8, 4) is 23.3 Å². The van der Waals surface area contributed by atoms with Gasteiger partial charge < -0.3 is 14.8 Å². The number of nitrogens with zero attached hydrogens (tertiary/aromatic N) is 1. The maximum atomic E-state index is 11.5. The Kier molecular flexibility index (Phi) is 4.78. The molecule has 0 saturated carbocycles. The Balaban J connectivity index is 2.24. The lowest BCUT2D eigenvalue weighted by atomic mass is 10.2. The SMILES string of the molecule is COc1ccccc1Oc1ccccc1NC(=O)CC#N. The van der Waals surface area contributed by atoms with Crippen molar-refractivity contribution in [2.45, 2.75) is 6.42 Å². The Bertz CT molecular complexity index is 677. The molecular formula is C16H14N2O3. The topological polar surface area (TPSA) is 71.3 Å². The summed E-state index contributed by atoms with van der Waals surface area (Å²) in [4.78, 5) is 11.5. The van der Waals surface area contributed by atoms with Crippen molar-refractivity contribution in [2.75, 3.05) is 12.4 Å². The van der Waals surface area contributed by atoms with E-state index in [2.05, 4.69) is 5.32 Å². The van der Waals surface area contributed by atoms with E-state index in [0.29, 0.717) is 22.9 Å². The van der Waals surface area contributed by atoms with Gasteiger partial charge >= 0.3 is 0 Å². The number of anilines is 1. The van der Waals surface area contributed by atoms with E-state index in [1.54, 1.807) is 49.6 Å². The molecule has 0 aliphatic heterocycles. The second kappa shape index (κ2) is 6.96. The van der Waals surface area contributed by atoms with E-state index >= 15 is 0 Å². The van der Waals surface area contributed by atoms with Crippen LogP contribution >= 0.6 is 0 Å². The normalized spacial score (nSPS) is 9.52. The van der Waals surface area contributed by atoms with Crippen molar-refractivity contribution in [1.29, 1.82) is 5.26 Å². The Morgan fingerprint density at radius 2 is 1.71 bits per heavy atom. The predicted octanol–water partition coefficient (Wildman–Crippen LogP) is 3.34. The first-order valence-electron chi connectivity index (χ1n) is 6.31. The van der Waals surface area contributed by atoms with Gasteiger partial charge in [-0.05, 0) is 24.3 Å². The first-order chi connectivity index (χ1) is 10.2. The summed E-state index contributed by atoms with van der Waals surface area (Å²) in [6.07, 6.45) is -0.205. The molecule has 0 bridgehead atoms. The predicted molar refractivity (Wildman–Crippen MR) is 78.4 cm³/mol. The van der Waals surface area contributed by atoms with E-state index in [1.165, 1.54) is 0 Å². The van der Waals surface area contributed by atoms with E-state index in [1.807, 2.05) is 12.1 Å². The summed E-state index contributed by atoms with van der Waals surface area (Å²) in [6.45, 7) is 0. The fourth-order valence-corrected chi connectivity index (χ4v) is 1.75. The molecule has 0 atom stereocenters. The standard InChI is InChI=1S/C16H14N2O3/c1-20-14-8-4-5-9-15(14)21-13-7-3-2-6-12(13)18-16(19)10-11-17/h2-9H,10H2,1H3,(H,18,19). The Labute approximate surface area is 122 Å². The van der Waals surface area contributed by atoms with Crippen LogP contribution in [-0.4, -0.2) is 13.0 Å². The molecule has 0 aliphatic rings. The van der Waals surface area contributed by atoms with Gasteiger partial charge in [0.15, 0.2) is 17.2 Å². The number of rotatable bonds is 5. The van der Waals surface area contributed by atoms with Crippen LogP contribution in [0.3, 0.4) is 0 Å². The molecule has 0 fully saturated rings. The number of nitrogens with one attached hydrogen (secondary N) is 1. The zero-order chi connectivity index (χ0) is 15.1. The van der Waals surface area contributed by atoms with Crippen LogP contribution in [-0.2, 0) is 4.79 Å². The number of para-hydroxylation sites is 4. The summed E-state index contributed by atoms with van der Waals surface area (Å²) in [7, 11) is 1.56. The second-order valence-corrected chi connectivity index (χ2v) is 4.13. The van der Waals surface area contributed by atoms with Gasteiger partial charge in [-0.3, -0.25) is 4.79 Å². The van der Waals surface area contributed by atoms with Gasteiger partial charge in [0.25, 0.3) is 0 Å². The first-order valence-corrected chi connectivity index (χ1v) is 6.31. The highest BCUT2D eigenvalue weighted by Crippen LogP contribution is 2.34. The zero-order valence-corrected chi connectivity index (χ0v) is 11.5. The summed E-state index contributed by atoms with van der Waals surface area (Å²) >= 11 is 0. The molecule has 0 heterocycles. The molecule has 0 spiro atoms. The smallest absolute Gasteiger partial charge is 0.238 e. The molecule has 1 amide bonds. The molecule has 2 aromatic rings. The highest BCUT2D eigenvalue weighted by Gasteiger charge is 2.10. The van der Waals surface area contributed by atoms with Gasteiger partial charge in [0, 0.05) is 0 Å². The number of ether oxygens (including phenoxy) is 2. The van der Waals surface area contributed by atoms with Crippen molar-refractivity contribution in [1.82, 2.24) is 0 Å². The van der Waals surface area contributed by atoms with Gasteiger partial charge in [-0.15, -0.1) is 0 Å². The van der Waals surface area contributed by atoms with Crippen molar-refractivity contribution in [2.24, 2.45) is 0 Å². The third-order valence-electron chi connectivity index (χ3n) is 2.69. The maximum Gasteiger partial charge on any atom is 0.238 e. The van der Waals surface area contributed by atoms with E-state index in [4.69, 9.17) is 14.7 Å².